The van der Waals surface area contributed by atoms with E-state index in [0.717, 1.165) is 39.0 Å². The van der Waals surface area contributed by atoms with Gasteiger partial charge in [-0.3, -0.25) is 9.69 Å². The van der Waals surface area contributed by atoms with Gasteiger partial charge in [0.05, 0.1) is 25.9 Å². The molecule has 3 rings (SSSR count). The third-order valence-corrected chi connectivity index (χ3v) is 5.11. The molecule has 5 heteroatoms. The predicted molar refractivity (Wildman–Crippen MR) is 92.9 cm³/mol. The largest absolute Gasteiger partial charge is 0.381 e. The molecular weight excluding hydrogens is 304 g/mol. The Kier molecular flexibility index (Phi) is 6.24. The number of nitrogens with zero attached hydrogens (tertiary/aromatic N) is 2. The van der Waals surface area contributed by atoms with Gasteiger partial charge in [-0.15, -0.1) is 0 Å². The van der Waals surface area contributed by atoms with Crippen LogP contribution in [-0.2, 0) is 20.7 Å². The monoisotopic (exact) mass is 332 g/mol. The molecule has 1 aromatic rings. The molecule has 2 aliphatic rings. The van der Waals surface area contributed by atoms with Gasteiger partial charge in [-0.2, -0.15) is 0 Å². The molecule has 2 saturated heterocycles. The number of piperidine rings is 1. The lowest BCUT2D eigenvalue weighted by Gasteiger charge is -2.38. The fourth-order valence-electron chi connectivity index (χ4n) is 3.76. The number of likely N-dealkylation sites (tertiary alicyclic amines) is 1. The van der Waals surface area contributed by atoms with E-state index >= 15 is 0 Å². The molecular formula is C19H28N2O3. The van der Waals surface area contributed by atoms with Crippen molar-refractivity contribution in [1.82, 2.24) is 9.80 Å². The molecule has 2 aliphatic heterocycles. The first kappa shape index (κ1) is 17.4. The summed E-state index contributed by atoms with van der Waals surface area (Å²) in [6, 6.07) is 10.6. The SMILES string of the molecule is CO[C@@H]1CCN(CC(=O)N2CCOCC2)C[C@H]1Cc1ccccc1. The van der Waals surface area contributed by atoms with E-state index in [0.29, 0.717) is 25.7 Å². The van der Waals surface area contributed by atoms with Crippen molar-refractivity contribution in [3.05, 3.63) is 35.9 Å². The average Bonchev–Trinajstić information content (AvgIpc) is 2.63. The van der Waals surface area contributed by atoms with E-state index in [4.69, 9.17) is 9.47 Å². The third-order valence-electron chi connectivity index (χ3n) is 5.11. The quantitative estimate of drug-likeness (QED) is 0.818. The number of morpholine rings is 1. The second kappa shape index (κ2) is 8.60. The van der Waals surface area contributed by atoms with Crippen LogP contribution in [0.2, 0.25) is 0 Å². The maximum absolute atomic E-state index is 12.5. The number of ether oxygens (including phenoxy) is 2. The van der Waals surface area contributed by atoms with Crippen LogP contribution in [0.4, 0.5) is 0 Å². The van der Waals surface area contributed by atoms with Gasteiger partial charge >= 0.3 is 0 Å². The van der Waals surface area contributed by atoms with E-state index in [1.807, 2.05) is 11.0 Å². The molecule has 0 radical (unpaired) electrons. The van der Waals surface area contributed by atoms with Gasteiger partial charge in [-0.25, -0.2) is 0 Å². The minimum absolute atomic E-state index is 0.229. The maximum atomic E-state index is 12.5. The number of rotatable bonds is 5. The Morgan fingerprint density at radius 2 is 1.96 bits per heavy atom. The summed E-state index contributed by atoms with van der Waals surface area (Å²) in [6.07, 6.45) is 2.27. The second-order valence-corrected chi connectivity index (χ2v) is 6.74. The molecule has 2 heterocycles. The summed E-state index contributed by atoms with van der Waals surface area (Å²) in [5.41, 5.74) is 1.34. The number of methoxy groups -OCH3 is 1. The lowest BCUT2D eigenvalue weighted by Crippen LogP contribution is -2.50. The first-order valence-corrected chi connectivity index (χ1v) is 8.91. The topological polar surface area (TPSA) is 42.0 Å². The van der Waals surface area contributed by atoms with E-state index in [-0.39, 0.29) is 12.0 Å². The van der Waals surface area contributed by atoms with Gasteiger partial charge in [-0.1, -0.05) is 30.3 Å². The van der Waals surface area contributed by atoms with Crippen LogP contribution in [0.25, 0.3) is 0 Å². The van der Waals surface area contributed by atoms with Gasteiger partial charge in [0.15, 0.2) is 0 Å². The molecule has 0 unspecified atom stereocenters. The number of carbonyl (C=O) groups excluding carboxylic acids is 1. The molecule has 132 valence electrons. The lowest BCUT2D eigenvalue weighted by atomic mass is 9.88. The summed E-state index contributed by atoms with van der Waals surface area (Å²) in [5, 5.41) is 0. The summed E-state index contributed by atoms with van der Waals surface area (Å²) in [7, 11) is 1.80. The highest BCUT2D eigenvalue weighted by Crippen LogP contribution is 2.23. The Bertz CT molecular complexity index is 517. The van der Waals surface area contributed by atoms with Gasteiger partial charge in [0.25, 0.3) is 0 Å². The van der Waals surface area contributed by atoms with E-state index in [2.05, 4.69) is 29.2 Å². The number of amides is 1. The van der Waals surface area contributed by atoms with Gasteiger partial charge in [-0.05, 0) is 18.4 Å². The van der Waals surface area contributed by atoms with Crippen molar-refractivity contribution in [2.24, 2.45) is 5.92 Å². The number of benzene rings is 1. The minimum Gasteiger partial charge on any atom is -0.381 e. The van der Waals surface area contributed by atoms with Gasteiger partial charge in [0.1, 0.15) is 0 Å². The molecule has 2 fully saturated rings. The first-order valence-electron chi connectivity index (χ1n) is 8.91. The van der Waals surface area contributed by atoms with E-state index in [1.54, 1.807) is 7.11 Å². The van der Waals surface area contributed by atoms with E-state index in [1.165, 1.54) is 5.56 Å². The molecule has 0 bridgehead atoms. The summed E-state index contributed by atoms with van der Waals surface area (Å²) >= 11 is 0. The van der Waals surface area contributed by atoms with Crippen molar-refractivity contribution < 1.29 is 14.3 Å². The lowest BCUT2D eigenvalue weighted by molar-refractivity contribution is -0.137. The number of carbonyl (C=O) groups is 1. The van der Waals surface area contributed by atoms with Crippen molar-refractivity contribution in [1.29, 1.82) is 0 Å². The molecule has 1 amide bonds. The van der Waals surface area contributed by atoms with Crippen molar-refractivity contribution in [2.75, 3.05) is 53.0 Å². The maximum Gasteiger partial charge on any atom is 0.236 e. The van der Waals surface area contributed by atoms with Gasteiger partial charge in [0, 0.05) is 39.2 Å². The minimum atomic E-state index is 0.229. The molecule has 0 aliphatic carbocycles. The fraction of sp³-hybridized carbons (Fsp3) is 0.632. The fourth-order valence-corrected chi connectivity index (χ4v) is 3.76. The van der Waals surface area contributed by atoms with Crippen LogP contribution < -0.4 is 0 Å². The Hall–Kier alpha value is -1.43. The second-order valence-electron chi connectivity index (χ2n) is 6.74. The Balaban J connectivity index is 1.56. The van der Waals surface area contributed by atoms with Crippen LogP contribution in [0.1, 0.15) is 12.0 Å². The Labute approximate surface area is 144 Å². The highest BCUT2D eigenvalue weighted by atomic mass is 16.5. The zero-order valence-corrected chi connectivity index (χ0v) is 14.5. The van der Waals surface area contributed by atoms with Gasteiger partial charge in [0.2, 0.25) is 5.91 Å². The van der Waals surface area contributed by atoms with Crippen LogP contribution in [0.5, 0.6) is 0 Å². The molecule has 1 aromatic carbocycles. The van der Waals surface area contributed by atoms with Crippen LogP contribution in [0.15, 0.2) is 30.3 Å². The zero-order valence-electron chi connectivity index (χ0n) is 14.5. The van der Waals surface area contributed by atoms with Crippen LogP contribution >= 0.6 is 0 Å². The summed E-state index contributed by atoms with van der Waals surface area (Å²) in [4.78, 5) is 16.7. The number of hydrogen-bond donors (Lipinski definition) is 0. The Morgan fingerprint density at radius 3 is 2.67 bits per heavy atom. The molecule has 0 spiro atoms. The smallest absolute Gasteiger partial charge is 0.236 e. The molecule has 24 heavy (non-hydrogen) atoms. The van der Waals surface area contributed by atoms with Crippen LogP contribution in [-0.4, -0.2) is 74.9 Å². The Morgan fingerprint density at radius 1 is 1.21 bits per heavy atom. The summed E-state index contributed by atoms with van der Waals surface area (Å²) in [5.74, 6) is 0.663. The predicted octanol–water partition coefficient (Wildman–Crippen LogP) is 1.42. The highest BCUT2D eigenvalue weighted by Gasteiger charge is 2.31. The standard InChI is InChI=1S/C19H28N2O3/c1-23-18-7-8-20(15-19(22)21-9-11-24-12-10-21)14-17(18)13-16-5-3-2-4-6-16/h2-6,17-18H,7-15H2,1H3/t17-,18-/m1/s1. The van der Waals surface area contributed by atoms with Gasteiger partial charge < -0.3 is 14.4 Å². The van der Waals surface area contributed by atoms with E-state index in [9.17, 15) is 4.79 Å². The van der Waals surface area contributed by atoms with Crippen molar-refractivity contribution in [2.45, 2.75) is 18.9 Å². The van der Waals surface area contributed by atoms with Crippen LogP contribution in [0.3, 0.4) is 0 Å². The normalized spacial score (nSPS) is 25.6. The summed E-state index contributed by atoms with van der Waals surface area (Å²) in [6.45, 7) is 5.13. The summed E-state index contributed by atoms with van der Waals surface area (Å²) < 4.78 is 11.0. The number of hydrogen-bond acceptors (Lipinski definition) is 4. The average molecular weight is 332 g/mol. The first-order chi connectivity index (χ1) is 11.8. The molecule has 0 aromatic heterocycles. The van der Waals surface area contributed by atoms with Crippen molar-refractivity contribution in [3.8, 4) is 0 Å². The third kappa shape index (κ3) is 4.56. The molecule has 0 saturated carbocycles. The highest BCUT2D eigenvalue weighted by molar-refractivity contribution is 5.78. The van der Waals surface area contributed by atoms with E-state index < -0.39 is 0 Å². The van der Waals surface area contributed by atoms with Crippen molar-refractivity contribution in [3.63, 3.8) is 0 Å². The zero-order chi connectivity index (χ0) is 16.8. The molecule has 2 atom stereocenters. The van der Waals surface area contributed by atoms with Crippen LogP contribution in [0, 0.1) is 5.92 Å². The van der Waals surface area contributed by atoms with Crippen molar-refractivity contribution >= 4 is 5.91 Å². The molecule has 5 nitrogen and oxygen atoms in total. The molecule has 0 N–H and O–H groups in total.